The zero-order valence-corrected chi connectivity index (χ0v) is 18.9. The predicted octanol–water partition coefficient (Wildman–Crippen LogP) is 5.27. The van der Waals surface area contributed by atoms with Gasteiger partial charge in [0.05, 0.1) is 11.4 Å². The number of benzene rings is 1. The second-order valence-corrected chi connectivity index (χ2v) is 7.27. The Balaban J connectivity index is 0.00000272. The first-order valence-electron chi connectivity index (χ1n) is 9.21. The molecule has 4 aromatic rings. The number of pyridine rings is 2. The van der Waals surface area contributed by atoms with Gasteiger partial charge in [0.25, 0.3) is 0 Å². The predicted molar refractivity (Wildman–Crippen MR) is 106 cm³/mol. The first-order valence-corrected chi connectivity index (χ1v) is 9.21. The van der Waals surface area contributed by atoms with E-state index in [1.807, 2.05) is 56.4 Å². The van der Waals surface area contributed by atoms with Gasteiger partial charge in [0.2, 0.25) is 0 Å². The summed E-state index contributed by atoms with van der Waals surface area (Å²) < 4.78 is 40.7. The fraction of sp³-hybridized carbons (Fsp3) is 0.174. The van der Waals surface area contributed by atoms with Crippen molar-refractivity contribution in [2.75, 3.05) is 0 Å². The Morgan fingerprint density at radius 2 is 1.71 bits per heavy atom. The minimum absolute atomic E-state index is 0. The largest absolute Gasteiger partial charge is 2.00 e. The average molecular weight is 601 g/mol. The van der Waals surface area contributed by atoms with Gasteiger partial charge in [0, 0.05) is 17.3 Å². The van der Waals surface area contributed by atoms with E-state index in [1.165, 1.54) is 0 Å². The maximum absolute atomic E-state index is 13.0. The van der Waals surface area contributed by atoms with Crippen LogP contribution in [0.3, 0.4) is 0 Å². The van der Waals surface area contributed by atoms with Crippen molar-refractivity contribution in [1.29, 1.82) is 0 Å². The molecule has 4 rings (SSSR count). The summed E-state index contributed by atoms with van der Waals surface area (Å²) >= 11 is 0. The summed E-state index contributed by atoms with van der Waals surface area (Å²) in [7, 11) is 0. The van der Waals surface area contributed by atoms with Crippen molar-refractivity contribution in [1.82, 2.24) is 19.7 Å². The van der Waals surface area contributed by atoms with Gasteiger partial charge in [-0.2, -0.15) is 54.2 Å². The van der Waals surface area contributed by atoms with Gasteiger partial charge in [-0.05, 0) is 43.6 Å². The minimum Gasteiger partial charge on any atom is -0.316 e. The zero-order valence-electron chi connectivity index (χ0n) is 16.6. The van der Waals surface area contributed by atoms with Gasteiger partial charge < -0.3 is 4.98 Å². The van der Waals surface area contributed by atoms with Gasteiger partial charge in [-0.15, -0.1) is 12.1 Å². The van der Waals surface area contributed by atoms with Crippen molar-refractivity contribution in [3.05, 3.63) is 96.2 Å². The number of rotatable bonds is 4. The maximum Gasteiger partial charge on any atom is 2.00 e. The van der Waals surface area contributed by atoms with E-state index in [0.717, 1.165) is 23.6 Å². The van der Waals surface area contributed by atoms with E-state index in [2.05, 4.69) is 27.2 Å². The average Bonchev–Trinajstić information content (AvgIpc) is 3.25. The molecule has 0 fully saturated rings. The van der Waals surface area contributed by atoms with Crippen LogP contribution in [0.15, 0.2) is 67.0 Å². The van der Waals surface area contributed by atoms with Crippen LogP contribution in [0.2, 0.25) is 0 Å². The molecular weight excluding hydrogens is 584 g/mol. The van der Waals surface area contributed by atoms with Crippen LogP contribution in [-0.2, 0) is 32.7 Å². The molecule has 3 heterocycles. The van der Waals surface area contributed by atoms with Crippen LogP contribution in [0.4, 0.5) is 13.2 Å². The third-order valence-electron chi connectivity index (χ3n) is 4.83. The summed E-state index contributed by atoms with van der Waals surface area (Å²) in [6, 6.07) is 21.5. The van der Waals surface area contributed by atoms with Crippen LogP contribution >= 0.6 is 0 Å². The van der Waals surface area contributed by atoms with Crippen molar-refractivity contribution in [2.24, 2.45) is 0 Å². The Labute approximate surface area is 192 Å². The van der Waals surface area contributed by atoms with E-state index in [9.17, 15) is 13.2 Å². The zero-order chi connectivity index (χ0) is 21.4. The van der Waals surface area contributed by atoms with Gasteiger partial charge in [-0.3, -0.25) is 9.67 Å². The van der Waals surface area contributed by atoms with E-state index in [-0.39, 0.29) is 26.6 Å². The molecule has 0 atom stereocenters. The standard InChI is InChI=1S/C23H17F3N4.Pt/c1-22(2,20-12-14-30(29-20)17-7-4-3-5-8-17)19-10-6-9-18(28-19)16-11-13-27-21(15-16)23(24,25)26;/h3-7,9-10,12-15H,1-2H3;/q-2;+2. The Kier molecular flexibility index (Phi) is 6.46. The van der Waals surface area contributed by atoms with E-state index in [0.29, 0.717) is 11.4 Å². The summed E-state index contributed by atoms with van der Waals surface area (Å²) in [6.45, 7) is 3.94. The Bertz CT molecular complexity index is 1170. The molecule has 0 N–H and O–H groups in total. The molecule has 0 saturated carbocycles. The molecule has 0 aliphatic heterocycles. The third kappa shape index (κ3) is 4.77. The Hall–Kier alpha value is -2.79. The monoisotopic (exact) mass is 601 g/mol. The number of hydrogen-bond donors (Lipinski definition) is 0. The maximum atomic E-state index is 13.0. The van der Waals surface area contributed by atoms with Gasteiger partial charge >= 0.3 is 27.2 Å². The first-order chi connectivity index (χ1) is 14.2. The third-order valence-corrected chi connectivity index (χ3v) is 4.83. The smallest absolute Gasteiger partial charge is 0.316 e. The second kappa shape index (κ2) is 8.75. The summed E-state index contributed by atoms with van der Waals surface area (Å²) in [6.07, 6.45) is -1.66. The van der Waals surface area contributed by atoms with Gasteiger partial charge in [-0.1, -0.05) is 12.1 Å². The fourth-order valence-electron chi connectivity index (χ4n) is 3.07. The normalized spacial score (nSPS) is 11.8. The van der Waals surface area contributed by atoms with Gasteiger partial charge in [0.15, 0.2) is 0 Å². The van der Waals surface area contributed by atoms with Crippen LogP contribution in [0.25, 0.3) is 16.9 Å². The molecule has 4 nitrogen and oxygen atoms in total. The number of halogens is 3. The number of alkyl halides is 3. The number of para-hydroxylation sites is 1. The second-order valence-electron chi connectivity index (χ2n) is 7.27. The molecule has 0 spiro atoms. The van der Waals surface area contributed by atoms with E-state index >= 15 is 0 Å². The topological polar surface area (TPSA) is 43.6 Å². The van der Waals surface area contributed by atoms with E-state index in [4.69, 9.17) is 0 Å². The van der Waals surface area contributed by atoms with Crippen molar-refractivity contribution >= 4 is 0 Å². The molecule has 0 unspecified atom stereocenters. The van der Waals surface area contributed by atoms with Crippen molar-refractivity contribution < 1.29 is 34.2 Å². The van der Waals surface area contributed by atoms with Gasteiger partial charge in [0.1, 0.15) is 0 Å². The molecule has 0 bridgehead atoms. The van der Waals surface area contributed by atoms with Crippen LogP contribution in [0.1, 0.15) is 30.9 Å². The van der Waals surface area contributed by atoms with Crippen molar-refractivity contribution in [2.45, 2.75) is 25.4 Å². The summed E-state index contributed by atoms with van der Waals surface area (Å²) in [5, 5.41) is 4.66. The fourth-order valence-corrected chi connectivity index (χ4v) is 3.07. The first kappa shape index (κ1) is 22.9. The number of hydrogen-bond acceptors (Lipinski definition) is 3. The van der Waals surface area contributed by atoms with Crippen LogP contribution in [-0.4, -0.2) is 19.7 Å². The molecular formula is C23H17F3N4Pt. The van der Waals surface area contributed by atoms with Crippen LogP contribution in [0, 0.1) is 12.1 Å². The minimum atomic E-state index is -4.53. The van der Waals surface area contributed by atoms with Crippen molar-refractivity contribution in [3.8, 4) is 16.9 Å². The van der Waals surface area contributed by atoms with Crippen molar-refractivity contribution in [3.63, 3.8) is 0 Å². The Morgan fingerprint density at radius 1 is 0.903 bits per heavy atom. The SMILES string of the molecule is CC(C)(c1cccc(-c2[c-]cnc(C(F)(F)F)c2)n1)c1ccn(-c2[c-]cccc2)n1.[Pt+2]. The molecule has 3 aromatic heterocycles. The van der Waals surface area contributed by atoms with Crippen LogP contribution in [0.5, 0.6) is 0 Å². The number of aromatic nitrogens is 4. The molecule has 1 aromatic carbocycles. The summed E-state index contributed by atoms with van der Waals surface area (Å²) in [5.74, 6) is 0. The summed E-state index contributed by atoms with van der Waals surface area (Å²) in [5.41, 5.74) is 1.35. The van der Waals surface area contributed by atoms with Gasteiger partial charge in [-0.25, -0.2) is 0 Å². The number of nitrogens with zero attached hydrogens (tertiary/aromatic N) is 4. The molecule has 8 heteroatoms. The van der Waals surface area contributed by atoms with Crippen LogP contribution < -0.4 is 0 Å². The molecule has 0 saturated heterocycles. The Morgan fingerprint density at radius 3 is 2.42 bits per heavy atom. The van der Waals surface area contributed by atoms with E-state index < -0.39 is 17.3 Å². The molecule has 0 amide bonds. The molecule has 31 heavy (non-hydrogen) atoms. The molecule has 0 radical (unpaired) electrons. The molecule has 0 aliphatic carbocycles. The molecule has 160 valence electrons. The summed E-state index contributed by atoms with van der Waals surface area (Å²) in [4.78, 5) is 7.98. The molecule has 0 aliphatic rings. The quantitative estimate of drug-likeness (QED) is 0.300. The van der Waals surface area contributed by atoms with E-state index in [1.54, 1.807) is 16.8 Å².